The molecule has 7 heteroatoms. The van der Waals surface area contributed by atoms with Gasteiger partial charge in [0.1, 0.15) is 0 Å². The molecule has 0 spiro atoms. The van der Waals surface area contributed by atoms with Crippen molar-refractivity contribution in [1.82, 2.24) is 10.2 Å². The molecule has 0 aromatic heterocycles. The number of nitrogens with zero attached hydrogens (tertiary/aromatic N) is 1. The summed E-state index contributed by atoms with van der Waals surface area (Å²) >= 11 is 0. The lowest BCUT2D eigenvalue weighted by Crippen LogP contribution is -2.49. The first-order chi connectivity index (χ1) is 8.88. The van der Waals surface area contributed by atoms with Crippen LogP contribution < -0.4 is 5.32 Å². The SMILES string of the molecule is CCCCCNC(=O)C(C)N(CC(=O)O)CC(=O)O. The number of nitrogens with one attached hydrogen (secondary N) is 1. The molecule has 0 aromatic rings. The average molecular weight is 274 g/mol. The highest BCUT2D eigenvalue weighted by Crippen LogP contribution is 2.00. The van der Waals surface area contributed by atoms with Crippen molar-refractivity contribution in [1.29, 1.82) is 0 Å². The van der Waals surface area contributed by atoms with E-state index in [4.69, 9.17) is 10.2 Å². The maximum Gasteiger partial charge on any atom is 0.317 e. The van der Waals surface area contributed by atoms with Crippen LogP contribution in [0.2, 0.25) is 0 Å². The molecule has 0 fully saturated rings. The van der Waals surface area contributed by atoms with Crippen LogP contribution in [0, 0.1) is 0 Å². The second kappa shape index (κ2) is 9.32. The number of carbonyl (C=O) groups is 3. The number of rotatable bonds is 10. The maximum atomic E-state index is 11.8. The molecule has 0 bridgehead atoms. The molecule has 1 unspecified atom stereocenters. The van der Waals surface area contributed by atoms with Crippen LogP contribution in [-0.2, 0) is 14.4 Å². The molecule has 0 radical (unpaired) electrons. The van der Waals surface area contributed by atoms with Gasteiger partial charge in [0.05, 0.1) is 19.1 Å². The van der Waals surface area contributed by atoms with Gasteiger partial charge in [0.15, 0.2) is 0 Å². The Bertz CT molecular complexity index is 303. The quantitative estimate of drug-likeness (QED) is 0.490. The number of amides is 1. The molecule has 7 nitrogen and oxygen atoms in total. The highest BCUT2D eigenvalue weighted by atomic mass is 16.4. The lowest BCUT2D eigenvalue weighted by atomic mass is 10.2. The van der Waals surface area contributed by atoms with Gasteiger partial charge in [-0.05, 0) is 13.3 Å². The standard InChI is InChI=1S/C12H22N2O5/c1-3-4-5-6-13-12(19)9(2)14(7-10(15)16)8-11(17)18/h9H,3-8H2,1-2H3,(H,13,19)(H,15,16)(H,17,18). The van der Waals surface area contributed by atoms with E-state index in [0.717, 1.165) is 24.2 Å². The van der Waals surface area contributed by atoms with Crippen molar-refractivity contribution < 1.29 is 24.6 Å². The summed E-state index contributed by atoms with van der Waals surface area (Å²) in [6.07, 6.45) is 2.89. The van der Waals surface area contributed by atoms with Crippen molar-refractivity contribution in [3.63, 3.8) is 0 Å². The average Bonchev–Trinajstić information content (AvgIpc) is 2.31. The van der Waals surface area contributed by atoms with Crippen molar-refractivity contribution in [2.75, 3.05) is 19.6 Å². The Kier molecular flexibility index (Phi) is 8.52. The molecule has 1 amide bonds. The normalized spacial score (nSPS) is 12.2. The molecular weight excluding hydrogens is 252 g/mol. The highest BCUT2D eigenvalue weighted by Gasteiger charge is 2.24. The summed E-state index contributed by atoms with van der Waals surface area (Å²) in [6, 6.07) is -0.783. The van der Waals surface area contributed by atoms with Gasteiger partial charge in [0, 0.05) is 6.54 Å². The van der Waals surface area contributed by atoms with Gasteiger partial charge in [-0.2, -0.15) is 0 Å². The lowest BCUT2D eigenvalue weighted by Gasteiger charge is -2.24. The van der Waals surface area contributed by atoms with E-state index in [1.807, 2.05) is 6.92 Å². The van der Waals surface area contributed by atoms with Gasteiger partial charge < -0.3 is 15.5 Å². The van der Waals surface area contributed by atoms with Crippen LogP contribution in [0.3, 0.4) is 0 Å². The molecule has 0 heterocycles. The zero-order chi connectivity index (χ0) is 14.8. The largest absolute Gasteiger partial charge is 0.480 e. The number of hydrogen-bond acceptors (Lipinski definition) is 4. The Labute approximate surface area is 112 Å². The van der Waals surface area contributed by atoms with Crippen LogP contribution in [0.15, 0.2) is 0 Å². The van der Waals surface area contributed by atoms with Crippen molar-refractivity contribution in [3.05, 3.63) is 0 Å². The van der Waals surface area contributed by atoms with Crippen LogP contribution in [-0.4, -0.2) is 58.6 Å². The number of carboxylic acid groups (broad SMARTS) is 2. The van der Waals surface area contributed by atoms with Crippen LogP contribution in [0.1, 0.15) is 33.1 Å². The van der Waals surface area contributed by atoms with Gasteiger partial charge in [0.2, 0.25) is 5.91 Å². The Morgan fingerprint density at radius 3 is 2.05 bits per heavy atom. The van der Waals surface area contributed by atoms with E-state index in [-0.39, 0.29) is 5.91 Å². The van der Waals surface area contributed by atoms with E-state index < -0.39 is 31.1 Å². The van der Waals surface area contributed by atoms with E-state index >= 15 is 0 Å². The first kappa shape index (κ1) is 17.4. The summed E-state index contributed by atoms with van der Waals surface area (Å²) in [7, 11) is 0. The molecule has 0 saturated carbocycles. The van der Waals surface area contributed by atoms with Gasteiger partial charge in [-0.15, -0.1) is 0 Å². The molecule has 0 aliphatic carbocycles. The summed E-state index contributed by atoms with van der Waals surface area (Å²) in [5.74, 6) is -2.67. The Hall–Kier alpha value is -1.63. The second-order valence-corrected chi connectivity index (χ2v) is 4.37. The van der Waals surface area contributed by atoms with Crippen molar-refractivity contribution >= 4 is 17.8 Å². The van der Waals surface area contributed by atoms with Crippen LogP contribution in [0.4, 0.5) is 0 Å². The number of carboxylic acids is 2. The first-order valence-corrected chi connectivity index (χ1v) is 6.33. The van der Waals surface area contributed by atoms with Gasteiger partial charge in [0.25, 0.3) is 0 Å². The molecule has 0 aliphatic rings. The fraction of sp³-hybridized carbons (Fsp3) is 0.750. The topological polar surface area (TPSA) is 107 Å². The summed E-state index contributed by atoms with van der Waals surface area (Å²) < 4.78 is 0. The minimum atomic E-state index is -1.16. The maximum absolute atomic E-state index is 11.8. The Morgan fingerprint density at radius 2 is 1.63 bits per heavy atom. The molecule has 0 rings (SSSR count). The van der Waals surface area contributed by atoms with Gasteiger partial charge in [-0.1, -0.05) is 19.8 Å². The van der Waals surface area contributed by atoms with E-state index in [1.54, 1.807) is 0 Å². The second-order valence-electron chi connectivity index (χ2n) is 4.37. The van der Waals surface area contributed by atoms with Crippen molar-refractivity contribution in [2.45, 2.75) is 39.2 Å². The highest BCUT2D eigenvalue weighted by molar-refractivity contribution is 5.83. The molecule has 19 heavy (non-hydrogen) atoms. The zero-order valence-electron chi connectivity index (χ0n) is 11.4. The molecule has 110 valence electrons. The minimum absolute atomic E-state index is 0.349. The van der Waals surface area contributed by atoms with Crippen LogP contribution in [0.5, 0.6) is 0 Å². The molecule has 0 aliphatic heterocycles. The zero-order valence-corrected chi connectivity index (χ0v) is 11.4. The van der Waals surface area contributed by atoms with Crippen LogP contribution >= 0.6 is 0 Å². The Balaban J connectivity index is 4.34. The van der Waals surface area contributed by atoms with Crippen LogP contribution in [0.25, 0.3) is 0 Å². The fourth-order valence-electron chi connectivity index (χ4n) is 1.58. The number of unbranched alkanes of at least 4 members (excludes halogenated alkanes) is 2. The summed E-state index contributed by atoms with van der Waals surface area (Å²) in [4.78, 5) is 34.2. The molecular formula is C12H22N2O5. The lowest BCUT2D eigenvalue weighted by molar-refractivity contribution is -0.143. The van der Waals surface area contributed by atoms with Gasteiger partial charge in [-0.25, -0.2) is 0 Å². The third kappa shape index (κ3) is 8.15. The first-order valence-electron chi connectivity index (χ1n) is 6.33. The van der Waals surface area contributed by atoms with Gasteiger partial charge in [-0.3, -0.25) is 19.3 Å². The number of hydrogen-bond donors (Lipinski definition) is 3. The summed E-state index contributed by atoms with van der Waals surface area (Å²) in [6.45, 7) is 3.11. The molecule has 1 atom stereocenters. The predicted molar refractivity (Wildman–Crippen MR) is 68.8 cm³/mol. The number of aliphatic carboxylic acids is 2. The smallest absolute Gasteiger partial charge is 0.317 e. The summed E-state index contributed by atoms with van der Waals surface area (Å²) in [5.41, 5.74) is 0. The van der Waals surface area contributed by atoms with E-state index in [2.05, 4.69) is 5.32 Å². The molecule has 0 aromatic carbocycles. The third-order valence-electron chi connectivity index (χ3n) is 2.68. The molecule has 0 saturated heterocycles. The molecule has 3 N–H and O–H groups in total. The van der Waals surface area contributed by atoms with Crippen molar-refractivity contribution in [2.24, 2.45) is 0 Å². The van der Waals surface area contributed by atoms with E-state index in [0.29, 0.717) is 6.54 Å². The third-order valence-corrected chi connectivity index (χ3v) is 2.68. The van der Waals surface area contributed by atoms with E-state index in [1.165, 1.54) is 6.92 Å². The monoisotopic (exact) mass is 274 g/mol. The van der Waals surface area contributed by atoms with E-state index in [9.17, 15) is 14.4 Å². The summed E-state index contributed by atoms with van der Waals surface area (Å²) in [5, 5.41) is 20.1. The Morgan fingerprint density at radius 1 is 1.11 bits per heavy atom. The number of carbonyl (C=O) groups excluding carboxylic acids is 1. The van der Waals surface area contributed by atoms with Crippen molar-refractivity contribution in [3.8, 4) is 0 Å². The predicted octanol–water partition coefficient (Wildman–Crippen LogP) is 0.153. The van der Waals surface area contributed by atoms with Gasteiger partial charge >= 0.3 is 11.9 Å². The minimum Gasteiger partial charge on any atom is -0.480 e. The fourth-order valence-corrected chi connectivity index (χ4v) is 1.58.